The van der Waals surface area contributed by atoms with Crippen molar-refractivity contribution in [3.63, 3.8) is 0 Å². The van der Waals surface area contributed by atoms with E-state index in [1.807, 2.05) is 6.26 Å². The zero-order chi connectivity index (χ0) is 13.8. The van der Waals surface area contributed by atoms with Gasteiger partial charge in [-0.2, -0.15) is 8.78 Å². The van der Waals surface area contributed by atoms with E-state index in [2.05, 4.69) is 4.74 Å². The molecule has 0 aliphatic carbocycles. The predicted molar refractivity (Wildman–Crippen MR) is 74.0 cm³/mol. The highest BCUT2D eigenvalue weighted by atomic mass is 35.5. The Bertz CT molecular complexity index is 415. The first-order valence-corrected chi connectivity index (χ1v) is 6.60. The lowest BCUT2D eigenvalue weighted by Gasteiger charge is -2.21. The Balaban J connectivity index is 0.00000324. The Morgan fingerprint density at radius 1 is 1.42 bits per heavy atom. The molecule has 0 amide bonds. The number of benzene rings is 1. The fourth-order valence-corrected chi connectivity index (χ4v) is 1.78. The van der Waals surface area contributed by atoms with E-state index in [1.54, 1.807) is 12.1 Å². The minimum Gasteiger partial charge on any atom is -0.462 e. The summed E-state index contributed by atoms with van der Waals surface area (Å²) < 4.78 is 31.6. The van der Waals surface area contributed by atoms with Crippen LogP contribution in [0.4, 0.5) is 8.78 Å². The number of alkyl halides is 2. The second kappa shape index (κ2) is 7.67. The molecule has 0 aromatic heterocycles. The molecule has 0 aliphatic heterocycles. The summed E-state index contributed by atoms with van der Waals surface area (Å²) in [5, 5.41) is 0. The van der Waals surface area contributed by atoms with E-state index in [4.69, 9.17) is 5.73 Å². The number of ether oxygens (including phenoxy) is 1. The van der Waals surface area contributed by atoms with Crippen LogP contribution >= 0.6 is 24.2 Å². The maximum absolute atomic E-state index is 13.7. The monoisotopic (exact) mass is 311 g/mol. The molecule has 0 aliphatic rings. The molecule has 7 heteroatoms. The van der Waals surface area contributed by atoms with Gasteiger partial charge in [-0.05, 0) is 30.9 Å². The quantitative estimate of drug-likeness (QED) is 0.671. The van der Waals surface area contributed by atoms with E-state index in [-0.39, 0.29) is 24.6 Å². The zero-order valence-corrected chi connectivity index (χ0v) is 12.2. The normalized spacial score (nSPS) is 12.5. The van der Waals surface area contributed by atoms with E-state index >= 15 is 0 Å². The lowest BCUT2D eigenvalue weighted by molar-refractivity contribution is -0.174. The van der Waals surface area contributed by atoms with Gasteiger partial charge in [-0.1, -0.05) is 12.1 Å². The van der Waals surface area contributed by atoms with Crippen LogP contribution in [0, 0.1) is 0 Å². The van der Waals surface area contributed by atoms with Crippen LogP contribution in [0.1, 0.15) is 18.5 Å². The standard InChI is InChI=1S/C12H15F2NO2S.ClH/c1-3-17-11(16)12(13,14)10(15)8-4-6-9(18-2)7-5-8;/h4-7,10H,3,15H2,1-2H3;1H/t10-;/m1./s1. The molecule has 0 bridgehead atoms. The van der Waals surface area contributed by atoms with Crippen molar-refractivity contribution in [1.82, 2.24) is 0 Å². The minimum atomic E-state index is -3.73. The van der Waals surface area contributed by atoms with Crippen molar-refractivity contribution in [1.29, 1.82) is 0 Å². The average Bonchev–Trinajstić information content (AvgIpc) is 2.38. The molecule has 0 heterocycles. The summed E-state index contributed by atoms with van der Waals surface area (Å²) >= 11 is 1.49. The highest BCUT2D eigenvalue weighted by molar-refractivity contribution is 7.98. The van der Waals surface area contributed by atoms with Crippen LogP contribution in [-0.2, 0) is 9.53 Å². The Morgan fingerprint density at radius 2 is 1.95 bits per heavy atom. The molecule has 1 rings (SSSR count). The number of carbonyl (C=O) groups excluding carboxylic acids is 1. The van der Waals surface area contributed by atoms with Crippen molar-refractivity contribution in [3.8, 4) is 0 Å². The molecule has 3 nitrogen and oxygen atoms in total. The number of thioether (sulfide) groups is 1. The molecule has 108 valence electrons. The van der Waals surface area contributed by atoms with E-state index in [0.717, 1.165) is 4.90 Å². The first-order valence-electron chi connectivity index (χ1n) is 5.38. The number of hydrogen-bond donors (Lipinski definition) is 1. The van der Waals surface area contributed by atoms with Gasteiger partial charge >= 0.3 is 11.9 Å². The van der Waals surface area contributed by atoms with Gasteiger partial charge in [0.25, 0.3) is 0 Å². The topological polar surface area (TPSA) is 52.3 Å². The molecule has 0 radical (unpaired) electrons. The molecule has 0 saturated carbocycles. The van der Waals surface area contributed by atoms with Gasteiger partial charge < -0.3 is 10.5 Å². The van der Waals surface area contributed by atoms with E-state index in [1.165, 1.54) is 30.8 Å². The summed E-state index contributed by atoms with van der Waals surface area (Å²) in [5.74, 6) is -5.32. The zero-order valence-electron chi connectivity index (χ0n) is 10.6. The summed E-state index contributed by atoms with van der Waals surface area (Å²) in [6, 6.07) is 4.64. The summed E-state index contributed by atoms with van der Waals surface area (Å²) in [4.78, 5) is 12.1. The molecule has 0 fully saturated rings. The van der Waals surface area contributed by atoms with Crippen LogP contribution in [0.15, 0.2) is 29.2 Å². The van der Waals surface area contributed by atoms with Crippen LogP contribution in [0.25, 0.3) is 0 Å². The van der Waals surface area contributed by atoms with E-state index in [0.29, 0.717) is 0 Å². The van der Waals surface area contributed by atoms with Gasteiger partial charge in [0.05, 0.1) is 6.61 Å². The third-order valence-electron chi connectivity index (χ3n) is 2.41. The molecule has 2 N–H and O–H groups in total. The maximum Gasteiger partial charge on any atom is 0.379 e. The van der Waals surface area contributed by atoms with Crippen LogP contribution in [0.2, 0.25) is 0 Å². The van der Waals surface area contributed by atoms with Gasteiger partial charge in [0, 0.05) is 4.90 Å². The molecular formula is C12H16ClF2NO2S. The van der Waals surface area contributed by atoms with Crippen LogP contribution < -0.4 is 5.73 Å². The lowest BCUT2D eigenvalue weighted by Crippen LogP contribution is -2.41. The molecule has 0 spiro atoms. The van der Waals surface area contributed by atoms with Crippen molar-refractivity contribution < 1.29 is 18.3 Å². The maximum atomic E-state index is 13.7. The summed E-state index contributed by atoms with van der Waals surface area (Å²) in [6.45, 7) is 1.36. The largest absolute Gasteiger partial charge is 0.462 e. The van der Waals surface area contributed by atoms with Crippen LogP contribution in [0.5, 0.6) is 0 Å². The first-order chi connectivity index (χ1) is 8.43. The first kappa shape index (κ1) is 18.1. The number of hydrogen-bond acceptors (Lipinski definition) is 4. The van der Waals surface area contributed by atoms with Crippen molar-refractivity contribution in [3.05, 3.63) is 29.8 Å². The highest BCUT2D eigenvalue weighted by Gasteiger charge is 2.47. The smallest absolute Gasteiger partial charge is 0.379 e. The van der Waals surface area contributed by atoms with E-state index < -0.39 is 17.9 Å². The molecule has 19 heavy (non-hydrogen) atoms. The van der Waals surface area contributed by atoms with Gasteiger partial charge in [0.2, 0.25) is 0 Å². The van der Waals surface area contributed by atoms with Gasteiger partial charge in [-0.3, -0.25) is 0 Å². The van der Waals surface area contributed by atoms with Crippen molar-refractivity contribution in [2.24, 2.45) is 5.73 Å². The average molecular weight is 312 g/mol. The number of rotatable bonds is 5. The number of halogens is 3. The Hall–Kier alpha value is -0.850. The van der Waals surface area contributed by atoms with Gasteiger partial charge in [-0.25, -0.2) is 4.79 Å². The number of carbonyl (C=O) groups is 1. The SMILES string of the molecule is CCOC(=O)C(F)(F)[C@H](N)c1ccc(SC)cc1.Cl. The lowest BCUT2D eigenvalue weighted by atomic mass is 10.0. The molecule has 1 aromatic rings. The van der Waals surface area contributed by atoms with Crippen LogP contribution in [-0.4, -0.2) is 24.8 Å². The Kier molecular flexibility index (Phi) is 7.33. The molecule has 1 atom stereocenters. The summed E-state index contributed by atoms with van der Waals surface area (Å²) in [6.07, 6.45) is 1.88. The molecule has 0 saturated heterocycles. The fraction of sp³-hybridized carbons (Fsp3) is 0.417. The van der Waals surface area contributed by atoms with Gasteiger partial charge in [0.1, 0.15) is 6.04 Å². The van der Waals surface area contributed by atoms with Crippen LogP contribution in [0.3, 0.4) is 0 Å². The molecule has 1 aromatic carbocycles. The van der Waals surface area contributed by atoms with Crippen molar-refractivity contribution >= 4 is 30.1 Å². The Morgan fingerprint density at radius 3 is 2.37 bits per heavy atom. The van der Waals surface area contributed by atoms with Crippen molar-refractivity contribution in [2.45, 2.75) is 23.8 Å². The van der Waals surface area contributed by atoms with Crippen molar-refractivity contribution in [2.75, 3.05) is 12.9 Å². The van der Waals surface area contributed by atoms with Gasteiger partial charge in [-0.15, -0.1) is 24.2 Å². The van der Waals surface area contributed by atoms with E-state index in [9.17, 15) is 13.6 Å². The Labute approximate surface area is 121 Å². The molecular weight excluding hydrogens is 296 g/mol. The minimum absolute atomic E-state index is 0. The third kappa shape index (κ3) is 4.33. The predicted octanol–water partition coefficient (Wildman–Crippen LogP) is 3.03. The summed E-state index contributed by atoms with van der Waals surface area (Å²) in [7, 11) is 0. The highest BCUT2D eigenvalue weighted by Crippen LogP contribution is 2.31. The van der Waals surface area contributed by atoms with Gasteiger partial charge in [0.15, 0.2) is 0 Å². The summed E-state index contributed by atoms with van der Waals surface area (Å²) in [5.41, 5.74) is 5.64. The number of esters is 1. The molecule has 0 unspecified atom stereocenters. The second-order valence-corrected chi connectivity index (χ2v) is 4.47. The number of nitrogens with two attached hydrogens (primary N) is 1. The third-order valence-corrected chi connectivity index (χ3v) is 3.16. The fourth-order valence-electron chi connectivity index (χ4n) is 1.37. The second-order valence-electron chi connectivity index (χ2n) is 3.59.